The lowest BCUT2D eigenvalue weighted by atomic mass is 10.0. The molecular weight excluding hydrogens is 885 g/mol. The predicted octanol–water partition coefficient (Wildman–Crippen LogP) is 22.4. The topological polar surface area (TPSA) is 72.8 Å². The molecule has 0 radical (unpaired) electrons. The van der Waals surface area contributed by atoms with Crippen LogP contribution in [0.3, 0.4) is 0 Å². The van der Waals surface area contributed by atoms with Crippen LogP contribution in [0.5, 0.6) is 0 Å². The van der Waals surface area contributed by atoms with E-state index in [0.29, 0.717) is 12.8 Å². The van der Waals surface area contributed by atoms with Gasteiger partial charge < -0.3 is 14.6 Å². The van der Waals surface area contributed by atoms with E-state index in [9.17, 15) is 14.7 Å². The Morgan fingerprint density at radius 2 is 0.556 bits per heavy atom. The first-order valence-electron chi connectivity index (χ1n) is 32.9. The molecule has 0 saturated heterocycles. The molecule has 426 valence electrons. The van der Waals surface area contributed by atoms with E-state index >= 15 is 0 Å². The van der Waals surface area contributed by atoms with Gasteiger partial charge in [-0.2, -0.15) is 0 Å². The molecule has 72 heavy (non-hydrogen) atoms. The van der Waals surface area contributed by atoms with Crippen LogP contribution in [0.2, 0.25) is 0 Å². The molecule has 0 aliphatic carbocycles. The van der Waals surface area contributed by atoms with Crippen LogP contribution >= 0.6 is 0 Å². The van der Waals surface area contributed by atoms with Crippen molar-refractivity contribution in [2.45, 2.75) is 380 Å². The van der Waals surface area contributed by atoms with Crippen LogP contribution in [0, 0.1) is 0 Å². The lowest BCUT2D eigenvalue weighted by molar-refractivity contribution is -0.161. The zero-order valence-corrected chi connectivity index (χ0v) is 49.0. The second-order valence-corrected chi connectivity index (χ2v) is 22.6. The number of allylic oxidation sites excluding steroid dienone is 4. The molecule has 5 heteroatoms. The minimum atomic E-state index is -0.772. The molecule has 0 saturated carbocycles. The van der Waals surface area contributed by atoms with Gasteiger partial charge in [0.05, 0.1) is 6.61 Å². The van der Waals surface area contributed by atoms with E-state index in [0.717, 1.165) is 38.5 Å². The highest BCUT2D eigenvalue weighted by Gasteiger charge is 2.16. The van der Waals surface area contributed by atoms with Crippen LogP contribution in [0.4, 0.5) is 0 Å². The summed E-state index contributed by atoms with van der Waals surface area (Å²) < 4.78 is 10.7. The number of hydrogen-bond donors (Lipinski definition) is 1. The molecule has 0 fully saturated rings. The zero-order chi connectivity index (χ0) is 52.0. The highest BCUT2D eigenvalue weighted by Crippen LogP contribution is 2.19. The Kier molecular flexibility index (Phi) is 62.2. The summed E-state index contributed by atoms with van der Waals surface area (Å²) in [5.74, 6) is -0.575. The van der Waals surface area contributed by atoms with Gasteiger partial charge in [-0.05, 0) is 44.9 Å². The Balaban J connectivity index is 3.34. The number of esters is 2. The summed E-state index contributed by atoms with van der Waals surface area (Å²) in [7, 11) is 0. The van der Waals surface area contributed by atoms with Crippen molar-refractivity contribution in [2.75, 3.05) is 13.2 Å². The maximum absolute atomic E-state index is 12.3. The number of unbranched alkanes of at least 4 members (excludes halogenated alkanes) is 50. The molecule has 1 unspecified atom stereocenters. The fourth-order valence-corrected chi connectivity index (χ4v) is 10.3. The largest absolute Gasteiger partial charge is 0.462 e. The van der Waals surface area contributed by atoms with Crippen LogP contribution in [0.15, 0.2) is 24.3 Å². The number of rotatable bonds is 62. The van der Waals surface area contributed by atoms with E-state index < -0.39 is 6.10 Å². The van der Waals surface area contributed by atoms with Crippen molar-refractivity contribution in [3.63, 3.8) is 0 Å². The Morgan fingerprint density at radius 1 is 0.319 bits per heavy atom. The van der Waals surface area contributed by atoms with Gasteiger partial charge in [0.15, 0.2) is 6.10 Å². The van der Waals surface area contributed by atoms with Gasteiger partial charge in [0.2, 0.25) is 0 Å². The second kappa shape index (κ2) is 63.7. The zero-order valence-electron chi connectivity index (χ0n) is 49.0. The molecule has 0 amide bonds. The van der Waals surface area contributed by atoms with Crippen LogP contribution in [0.1, 0.15) is 373 Å². The summed E-state index contributed by atoms with van der Waals surface area (Å²) in [4.78, 5) is 24.5. The van der Waals surface area contributed by atoms with Crippen molar-refractivity contribution in [2.24, 2.45) is 0 Å². The van der Waals surface area contributed by atoms with Crippen molar-refractivity contribution >= 4 is 11.9 Å². The van der Waals surface area contributed by atoms with E-state index in [1.54, 1.807) is 0 Å². The van der Waals surface area contributed by atoms with Gasteiger partial charge >= 0.3 is 11.9 Å². The van der Waals surface area contributed by atoms with Crippen LogP contribution in [-0.2, 0) is 19.1 Å². The van der Waals surface area contributed by atoms with Crippen LogP contribution in [0.25, 0.3) is 0 Å². The first-order valence-corrected chi connectivity index (χ1v) is 32.9. The summed E-state index contributed by atoms with van der Waals surface area (Å²) in [5.41, 5.74) is 0. The van der Waals surface area contributed by atoms with E-state index in [4.69, 9.17) is 9.47 Å². The van der Waals surface area contributed by atoms with Gasteiger partial charge in [0.1, 0.15) is 6.61 Å². The molecule has 5 nitrogen and oxygen atoms in total. The minimum Gasteiger partial charge on any atom is -0.462 e. The number of ether oxygens (including phenoxy) is 2. The van der Waals surface area contributed by atoms with Gasteiger partial charge in [-0.1, -0.05) is 340 Å². The first-order chi connectivity index (χ1) is 35.6. The fourth-order valence-electron chi connectivity index (χ4n) is 10.3. The molecule has 0 heterocycles. The summed E-state index contributed by atoms with van der Waals surface area (Å²) in [6, 6.07) is 0. The monoisotopic (exact) mass is 1010 g/mol. The number of carbonyl (C=O) groups is 2. The van der Waals surface area contributed by atoms with Crippen LogP contribution < -0.4 is 0 Å². The number of carbonyl (C=O) groups excluding carboxylic acids is 2. The normalized spacial score (nSPS) is 12.2. The number of aliphatic hydroxyl groups is 1. The number of hydrogen-bond acceptors (Lipinski definition) is 5. The third-order valence-electron chi connectivity index (χ3n) is 15.2. The Morgan fingerprint density at radius 3 is 0.847 bits per heavy atom. The molecule has 0 spiro atoms. The third kappa shape index (κ3) is 60.9. The SMILES string of the molecule is CCCCC/C=C\C/C=C\CCCCCCCCCCCC(=O)OC(CO)COC(=O)CCCCCCCCCCCCCCCCCCCCCCCCCCCCCCCCCCCCCCCCC. The van der Waals surface area contributed by atoms with Crippen molar-refractivity contribution < 1.29 is 24.2 Å². The van der Waals surface area contributed by atoms with Gasteiger partial charge in [0.25, 0.3) is 0 Å². The molecule has 0 rings (SSSR count). The molecule has 0 aliphatic heterocycles. The van der Waals surface area contributed by atoms with E-state index in [1.165, 1.54) is 308 Å². The molecule has 1 N–H and O–H groups in total. The van der Waals surface area contributed by atoms with Gasteiger partial charge in [-0.15, -0.1) is 0 Å². The minimum absolute atomic E-state index is 0.0619. The fraction of sp³-hybridized carbons (Fsp3) is 0.910. The van der Waals surface area contributed by atoms with E-state index in [2.05, 4.69) is 38.2 Å². The van der Waals surface area contributed by atoms with Gasteiger partial charge in [-0.3, -0.25) is 9.59 Å². The highest BCUT2D eigenvalue weighted by molar-refractivity contribution is 5.70. The standard InChI is InChI=1S/C67H128O5/c1-3-5-7-9-11-13-15-17-19-21-23-24-25-26-27-28-29-30-31-32-33-34-35-36-37-38-39-40-41-42-44-45-47-49-51-53-55-57-59-61-66(69)71-64-65(63-68)72-67(70)62-60-58-56-54-52-50-48-46-43-22-20-18-16-14-12-10-8-6-4-2/h12,14,18,20,65,68H,3-11,13,15-17,19,21-64H2,1-2H3/b14-12-,20-18-. The van der Waals surface area contributed by atoms with E-state index in [-0.39, 0.29) is 25.2 Å². The average Bonchev–Trinajstić information content (AvgIpc) is 3.38. The van der Waals surface area contributed by atoms with Crippen molar-refractivity contribution in [3.05, 3.63) is 24.3 Å². The molecule has 1 atom stereocenters. The summed E-state index contributed by atoms with van der Waals surface area (Å²) in [5, 5.41) is 9.66. The summed E-state index contributed by atoms with van der Waals surface area (Å²) in [6.07, 6.45) is 82.1. The lowest BCUT2D eigenvalue weighted by Crippen LogP contribution is -2.28. The number of aliphatic hydroxyl groups excluding tert-OH is 1. The quantitative estimate of drug-likeness (QED) is 0.0373. The first kappa shape index (κ1) is 70.4. The highest BCUT2D eigenvalue weighted by atomic mass is 16.6. The maximum Gasteiger partial charge on any atom is 0.306 e. The summed E-state index contributed by atoms with van der Waals surface area (Å²) >= 11 is 0. The summed E-state index contributed by atoms with van der Waals surface area (Å²) in [6.45, 7) is 4.17. The maximum atomic E-state index is 12.3. The average molecular weight is 1010 g/mol. The van der Waals surface area contributed by atoms with Crippen LogP contribution in [-0.4, -0.2) is 36.4 Å². The van der Waals surface area contributed by atoms with E-state index in [1.807, 2.05) is 0 Å². The molecular formula is C67H128O5. The van der Waals surface area contributed by atoms with Gasteiger partial charge in [-0.25, -0.2) is 0 Å². The van der Waals surface area contributed by atoms with Crippen molar-refractivity contribution in [3.8, 4) is 0 Å². The lowest BCUT2D eigenvalue weighted by Gasteiger charge is -2.15. The predicted molar refractivity (Wildman–Crippen MR) is 316 cm³/mol. The molecule has 0 aliphatic rings. The Bertz CT molecular complexity index is 1100. The van der Waals surface area contributed by atoms with Crippen molar-refractivity contribution in [1.29, 1.82) is 0 Å². The van der Waals surface area contributed by atoms with Crippen molar-refractivity contribution in [1.82, 2.24) is 0 Å². The van der Waals surface area contributed by atoms with Gasteiger partial charge in [0, 0.05) is 12.8 Å². The second-order valence-electron chi connectivity index (χ2n) is 22.6. The molecule has 0 aromatic rings. The molecule has 0 bridgehead atoms. The third-order valence-corrected chi connectivity index (χ3v) is 15.2. The Labute approximate surface area is 451 Å². The smallest absolute Gasteiger partial charge is 0.306 e. The molecule has 0 aromatic carbocycles. The molecule has 0 aromatic heterocycles. The Hall–Kier alpha value is -1.62.